The second-order valence-electron chi connectivity index (χ2n) is 11.0. The van der Waals surface area contributed by atoms with E-state index in [4.69, 9.17) is 10.2 Å². The average Bonchev–Trinajstić information content (AvgIpc) is 2.89. The maximum absolute atomic E-state index is 10.3. The fourth-order valence-corrected chi connectivity index (χ4v) is 4.39. The Balaban J connectivity index is -0.000000495. The van der Waals surface area contributed by atoms with Crippen molar-refractivity contribution in [1.29, 1.82) is 0 Å². The van der Waals surface area contributed by atoms with E-state index in [1.54, 1.807) is 0 Å². The molecule has 0 atom stereocenters. The largest absolute Gasteiger partial charge is 0.481 e. The van der Waals surface area contributed by atoms with Gasteiger partial charge in [0, 0.05) is 13.0 Å². The molecule has 0 aromatic carbocycles. The van der Waals surface area contributed by atoms with Crippen molar-refractivity contribution in [3.05, 3.63) is 0 Å². The van der Waals surface area contributed by atoms with Crippen molar-refractivity contribution >= 4 is 5.97 Å². The van der Waals surface area contributed by atoms with Crippen LogP contribution in [0.25, 0.3) is 0 Å². The van der Waals surface area contributed by atoms with Gasteiger partial charge in [-0.3, -0.25) is 4.79 Å². The molecule has 0 fully saturated rings. The fraction of sp³-hybridized carbons (Fsp3) is 0.971. The first-order chi connectivity index (χ1) is 18.1. The molecule has 0 aliphatic heterocycles. The van der Waals surface area contributed by atoms with E-state index in [9.17, 15) is 4.79 Å². The third-order valence-corrected chi connectivity index (χ3v) is 6.96. The number of aliphatic carboxylic acids is 1. The molecular formula is C34H72O3. The fourth-order valence-electron chi connectivity index (χ4n) is 4.39. The van der Waals surface area contributed by atoms with Crippen molar-refractivity contribution < 1.29 is 15.0 Å². The molecule has 0 aliphatic rings. The molecular weight excluding hydrogens is 456 g/mol. The maximum Gasteiger partial charge on any atom is 0.303 e. The summed E-state index contributed by atoms with van der Waals surface area (Å²) in [5.74, 6) is -0.657. The number of rotatable bonds is 27. The number of carboxylic acid groups (broad SMARTS) is 1. The molecule has 3 nitrogen and oxygen atoms in total. The van der Waals surface area contributed by atoms with Gasteiger partial charge in [-0.15, -0.1) is 0 Å². The molecule has 0 amide bonds. The lowest BCUT2D eigenvalue weighted by Crippen LogP contribution is -1.93. The van der Waals surface area contributed by atoms with Crippen molar-refractivity contribution in [2.45, 2.75) is 207 Å². The van der Waals surface area contributed by atoms with E-state index < -0.39 is 5.97 Å². The molecule has 0 spiro atoms. The molecule has 37 heavy (non-hydrogen) atoms. The summed E-state index contributed by atoms with van der Waals surface area (Å²) in [7, 11) is 0. The van der Waals surface area contributed by atoms with Crippen LogP contribution in [0.2, 0.25) is 0 Å². The molecule has 0 saturated carbocycles. The first-order valence-corrected chi connectivity index (χ1v) is 16.9. The standard InChI is InChI=1S/C14H28O2.C12H26O.C8H18/c1-2-3-4-5-6-7-8-9-10-11-12-13-14(15)16;1-2-3-4-5-6-7-8-9-10-11-12-13;1-3-5-7-8-6-4-2/h2-13H2,1H3,(H,15,16);13H,2-12H2,1H3;3-8H2,1-2H3. The van der Waals surface area contributed by atoms with E-state index in [0.29, 0.717) is 13.0 Å². The molecule has 0 radical (unpaired) electrons. The minimum atomic E-state index is -0.657. The SMILES string of the molecule is CCCCCCCC.CCCCCCCCCCCCCC(=O)O.CCCCCCCCCCCCO. The minimum Gasteiger partial charge on any atom is -0.481 e. The number of carbonyl (C=O) groups is 1. The van der Waals surface area contributed by atoms with Crippen LogP contribution in [-0.4, -0.2) is 22.8 Å². The molecule has 2 N–H and O–H groups in total. The highest BCUT2D eigenvalue weighted by Crippen LogP contribution is 2.12. The summed E-state index contributed by atoms with van der Waals surface area (Å²) in [6.45, 7) is 9.39. The van der Waals surface area contributed by atoms with Crippen molar-refractivity contribution in [3.8, 4) is 0 Å². The molecule has 0 aromatic heterocycles. The third-order valence-electron chi connectivity index (χ3n) is 6.96. The van der Waals surface area contributed by atoms with Gasteiger partial charge < -0.3 is 10.2 Å². The van der Waals surface area contributed by atoms with Gasteiger partial charge in [0.25, 0.3) is 0 Å². The first-order valence-electron chi connectivity index (χ1n) is 16.9. The van der Waals surface area contributed by atoms with Crippen LogP contribution in [0.5, 0.6) is 0 Å². The molecule has 0 saturated heterocycles. The predicted molar refractivity (Wildman–Crippen MR) is 167 cm³/mol. The highest BCUT2D eigenvalue weighted by Gasteiger charge is 1.96. The van der Waals surface area contributed by atoms with Gasteiger partial charge in [0.15, 0.2) is 0 Å². The Labute approximate surface area is 235 Å². The van der Waals surface area contributed by atoms with E-state index in [1.165, 1.54) is 154 Å². The van der Waals surface area contributed by atoms with Crippen LogP contribution in [0.3, 0.4) is 0 Å². The van der Waals surface area contributed by atoms with Crippen LogP contribution in [0, 0.1) is 0 Å². The molecule has 0 rings (SSSR count). The second-order valence-corrected chi connectivity index (χ2v) is 11.0. The zero-order chi connectivity index (χ0) is 28.1. The van der Waals surface area contributed by atoms with E-state index in [1.807, 2.05) is 0 Å². The zero-order valence-electron chi connectivity index (χ0n) is 26.3. The van der Waals surface area contributed by atoms with Crippen LogP contribution < -0.4 is 0 Å². The summed E-state index contributed by atoms with van der Waals surface area (Å²) in [6, 6.07) is 0. The smallest absolute Gasteiger partial charge is 0.303 e. The molecule has 0 aromatic rings. The minimum absolute atomic E-state index is 0.344. The van der Waals surface area contributed by atoms with Gasteiger partial charge in [-0.2, -0.15) is 0 Å². The topological polar surface area (TPSA) is 57.5 Å². The first kappa shape index (κ1) is 40.9. The second kappa shape index (κ2) is 42.5. The van der Waals surface area contributed by atoms with Gasteiger partial charge in [0.1, 0.15) is 0 Å². The number of hydrogen-bond donors (Lipinski definition) is 2. The van der Waals surface area contributed by atoms with Gasteiger partial charge in [-0.25, -0.2) is 0 Å². The van der Waals surface area contributed by atoms with Gasteiger partial charge in [-0.05, 0) is 12.8 Å². The maximum atomic E-state index is 10.3. The van der Waals surface area contributed by atoms with Crippen molar-refractivity contribution in [3.63, 3.8) is 0 Å². The van der Waals surface area contributed by atoms with Gasteiger partial charge in [0.2, 0.25) is 0 Å². The summed E-state index contributed by atoms with van der Waals surface area (Å²) in [6.07, 6.45) is 36.2. The summed E-state index contributed by atoms with van der Waals surface area (Å²) >= 11 is 0. The molecule has 0 aliphatic carbocycles. The number of unbranched alkanes of at least 4 members (excludes halogenated alkanes) is 24. The normalized spacial score (nSPS) is 10.4. The Hall–Kier alpha value is -0.570. The van der Waals surface area contributed by atoms with E-state index in [0.717, 1.165) is 19.3 Å². The number of carboxylic acids is 1. The highest BCUT2D eigenvalue weighted by atomic mass is 16.4. The van der Waals surface area contributed by atoms with E-state index in [2.05, 4.69) is 27.7 Å². The van der Waals surface area contributed by atoms with Crippen LogP contribution in [0.1, 0.15) is 207 Å². The van der Waals surface area contributed by atoms with Crippen LogP contribution in [-0.2, 0) is 4.79 Å². The van der Waals surface area contributed by atoms with Crippen molar-refractivity contribution in [2.24, 2.45) is 0 Å². The Bertz CT molecular complexity index is 354. The summed E-state index contributed by atoms with van der Waals surface area (Å²) in [5, 5.41) is 17.0. The average molecular weight is 529 g/mol. The lowest BCUT2D eigenvalue weighted by atomic mass is 10.1. The van der Waals surface area contributed by atoms with E-state index in [-0.39, 0.29) is 0 Å². The molecule has 3 heteroatoms. The Morgan fingerprint density at radius 2 is 0.595 bits per heavy atom. The molecule has 0 bridgehead atoms. The van der Waals surface area contributed by atoms with Crippen LogP contribution in [0.15, 0.2) is 0 Å². The number of aliphatic hydroxyl groups excluding tert-OH is 1. The van der Waals surface area contributed by atoms with Gasteiger partial charge >= 0.3 is 5.97 Å². The Morgan fingerprint density at radius 3 is 0.811 bits per heavy atom. The highest BCUT2D eigenvalue weighted by molar-refractivity contribution is 5.66. The lowest BCUT2D eigenvalue weighted by Gasteiger charge is -2.01. The van der Waals surface area contributed by atoms with Crippen LogP contribution in [0.4, 0.5) is 0 Å². The third kappa shape index (κ3) is 52.6. The molecule has 226 valence electrons. The zero-order valence-corrected chi connectivity index (χ0v) is 26.3. The van der Waals surface area contributed by atoms with Gasteiger partial charge in [-0.1, -0.05) is 188 Å². The number of aliphatic hydroxyl groups is 1. The lowest BCUT2D eigenvalue weighted by molar-refractivity contribution is -0.137. The van der Waals surface area contributed by atoms with Gasteiger partial charge in [0.05, 0.1) is 0 Å². The molecule has 0 heterocycles. The monoisotopic (exact) mass is 529 g/mol. The predicted octanol–water partition coefficient (Wildman–Crippen LogP) is 12.0. The summed E-state index contributed by atoms with van der Waals surface area (Å²) < 4.78 is 0. The van der Waals surface area contributed by atoms with E-state index >= 15 is 0 Å². The summed E-state index contributed by atoms with van der Waals surface area (Å²) in [4.78, 5) is 10.3. The summed E-state index contributed by atoms with van der Waals surface area (Å²) in [5.41, 5.74) is 0. The van der Waals surface area contributed by atoms with Crippen LogP contribution >= 0.6 is 0 Å². The Morgan fingerprint density at radius 1 is 0.378 bits per heavy atom. The Kier molecular flexibility index (Phi) is 47.0. The quantitative estimate of drug-likeness (QED) is 0.104. The number of hydrogen-bond acceptors (Lipinski definition) is 2. The van der Waals surface area contributed by atoms with Crippen molar-refractivity contribution in [2.75, 3.05) is 6.61 Å². The molecule has 0 unspecified atom stereocenters. The van der Waals surface area contributed by atoms with Crippen molar-refractivity contribution in [1.82, 2.24) is 0 Å².